The van der Waals surface area contributed by atoms with Gasteiger partial charge in [-0.15, -0.1) is 17.0 Å². The lowest BCUT2D eigenvalue weighted by Gasteiger charge is -2.12. The summed E-state index contributed by atoms with van der Waals surface area (Å²) in [6.07, 6.45) is 1.86. The van der Waals surface area contributed by atoms with Crippen molar-refractivity contribution < 1.29 is 0 Å². The molecule has 1 aliphatic heterocycles. The van der Waals surface area contributed by atoms with Gasteiger partial charge >= 0.3 is 0 Å². The molecule has 1 aromatic rings. The fourth-order valence-corrected chi connectivity index (χ4v) is 1.57. The summed E-state index contributed by atoms with van der Waals surface area (Å²) in [5.74, 6) is 0. The van der Waals surface area contributed by atoms with E-state index in [9.17, 15) is 0 Å². The Hall–Kier alpha value is -0.960. The highest BCUT2D eigenvalue weighted by atomic mass is 79.9. The molecule has 2 nitrogen and oxygen atoms in total. The van der Waals surface area contributed by atoms with Gasteiger partial charge in [0.05, 0.1) is 18.0 Å². The zero-order valence-corrected chi connectivity index (χ0v) is 9.32. The molecular weight excluding hydrogens is 228 g/mol. The molecule has 0 unspecified atom stereocenters. The van der Waals surface area contributed by atoms with E-state index in [1.165, 1.54) is 11.4 Å². The molecule has 1 aromatic carbocycles. The van der Waals surface area contributed by atoms with Crippen LogP contribution in [0.25, 0.3) is 0 Å². The van der Waals surface area contributed by atoms with Crippen molar-refractivity contribution in [2.45, 2.75) is 0 Å². The van der Waals surface area contributed by atoms with E-state index in [1.807, 2.05) is 6.20 Å². The Labute approximate surface area is 89.2 Å². The Morgan fingerprint density at radius 3 is 2.54 bits per heavy atom. The van der Waals surface area contributed by atoms with Crippen LogP contribution in [0.5, 0.6) is 0 Å². The number of rotatable bonds is 1. The van der Waals surface area contributed by atoms with Gasteiger partial charge in [0.25, 0.3) is 0 Å². The van der Waals surface area contributed by atoms with Gasteiger partial charge in [0, 0.05) is 7.05 Å². The summed E-state index contributed by atoms with van der Waals surface area (Å²) in [5.41, 5.74) is 2.52. The topological polar surface area (TPSA) is 6.48 Å². The summed E-state index contributed by atoms with van der Waals surface area (Å²) in [7, 11) is 2.09. The second kappa shape index (κ2) is 3.83. The highest BCUT2D eigenvalue weighted by Gasteiger charge is 2.19. The molecule has 13 heavy (non-hydrogen) atoms. The van der Waals surface area contributed by atoms with E-state index in [2.05, 4.69) is 47.7 Å². The first-order chi connectivity index (χ1) is 5.83. The van der Waals surface area contributed by atoms with Gasteiger partial charge in [0.2, 0.25) is 0 Å². The number of hydrogen-bond acceptors (Lipinski definition) is 2. The summed E-state index contributed by atoms with van der Waals surface area (Å²) < 4.78 is 0. The molecule has 1 heterocycles. The van der Waals surface area contributed by atoms with Crippen LogP contribution in [-0.4, -0.2) is 13.7 Å². The van der Waals surface area contributed by atoms with Gasteiger partial charge in [-0.3, -0.25) is 0 Å². The monoisotopic (exact) mass is 240 g/mol. The van der Waals surface area contributed by atoms with Crippen LogP contribution in [0.4, 0.5) is 11.4 Å². The predicted octanol–water partition coefficient (Wildman–Crippen LogP) is 2.62. The highest BCUT2D eigenvalue weighted by Crippen LogP contribution is 2.34. The van der Waals surface area contributed by atoms with Crippen LogP contribution in [0.3, 0.4) is 0 Å². The molecule has 3 heteroatoms. The molecule has 0 amide bonds. The first-order valence-corrected chi connectivity index (χ1v) is 4.02. The van der Waals surface area contributed by atoms with Crippen LogP contribution in [0.2, 0.25) is 0 Å². The van der Waals surface area contributed by atoms with Crippen molar-refractivity contribution in [3.63, 3.8) is 0 Å². The maximum Gasteiger partial charge on any atom is 0.0944 e. The number of benzene rings is 1. The van der Waals surface area contributed by atoms with Crippen molar-refractivity contribution in [2.75, 3.05) is 23.5 Å². The average molecular weight is 241 g/mol. The molecular formula is C10H13BrN2. The number of hydrogen-bond donors (Lipinski definition) is 0. The van der Waals surface area contributed by atoms with Crippen LogP contribution in [0, 0.1) is 0 Å². The molecule has 70 valence electrons. The molecule has 0 bridgehead atoms. The van der Waals surface area contributed by atoms with Gasteiger partial charge in [-0.2, -0.15) is 0 Å². The zero-order valence-electron chi connectivity index (χ0n) is 7.60. The van der Waals surface area contributed by atoms with Gasteiger partial charge < -0.3 is 9.80 Å². The normalized spacial score (nSPS) is 13.6. The maximum absolute atomic E-state index is 3.78. The van der Waals surface area contributed by atoms with Crippen LogP contribution in [0.1, 0.15) is 0 Å². The minimum Gasteiger partial charge on any atom is -0.355 e. The fraction of sp³-hybridized carbons (Fsp3) is 0.200. The molecule has 0 saturated heterocycles. The third kappa shape index (κ3) is 1.56. The molecule has 2 rings (SSSR count). The standard InChI is InChI=1S/C10H12N2.BrH/c1-3-12-8-11(2)9-6-4-5-7-10(9)12;/h3-7H,1,8H2,2H3;1H. The summed E-state index contributed by atoms with van der Waals surface area (Å²) in [5, 5.41) is 0. The second-order valence-electron chi connectivity index (χ2n) is 2.98. The predicted molar refractivity (Wildman–Crippen MR) is 62.7 cm³/mol. The van der Waals surface area contributed by atoms with Crippen molar-refractivity contribution in [3.8, 4) is 0 Å². The van der Waals surface area contributed by atoms with Crippen LogP contribution < -0.4 is 9.80 Å². The van der Waals surface area contributed by atoms with E-state index in [0.29, 0.717) is 0 Å². The molecule has 0 N–H and O–H groups in total. The third-order valence-electron chi connectivity index (χ3n) is 2.19. The SMILES string of the molecule is Br.C=CN1CN(C)c2ccccc21. The van der Waals surface area contributed by atoms with E-state index >= 15 is 0 Å². The molecule has 0 saturated carbocycles. The van der Waals surface area contributed by atoms with Gasteiger partial charge in [-0.25, -0.2) is 0 Å². The first kappa shape index (κ1) is 10.1. The lowest BCUT2D eigenvalue weighted by atomic mass is 10.2. The minimum atomic E-state index is 0. The average Bonchev–Trinajstić information content (AvgIpc) is 2.44. The first-order valence-electron chi connectivity index (χ1n) is 4.02. The van der Waals surface area contributed by atoms with E-state index < -0.39 is 0 Å². The summed E-state index contributed by atoms with van der Waals surface area (Å²) in [4.78, 5) is 4.34. The number of para-hydroxylation sites is 2. The van der Waals surface area contributed by atoms with Gasteiger partial charge in [-0.1, -0.05) is 18.7 Å². The van der Waals surface area contributed by atoms with E-state index in [0.717, 1.165) is 6.67 Å². The Kier molecular flexibility index (Phi) is 2.98. The lowest BCUT2D eigenvalue weighted by molar-refractivity contribution is 0.946. The fourth-order valence-electron chi connectivity index (χ4n) is 1.57. The zero-order chi connectivity index (χ0) is 8.55. The van der Waals surface area contributed by atoms with Crippen molar-refractivity contribution >= 4 is 28.4 Å². The molecule has 0 atom stereocenters. The van der Waals surface area contributed by atoms with E-state index in [1.54, 1.807) is 0 Å². The summed E-state index contributed by atoms with van der Waals surface area (Å²) >= 11 is 0. The van der Waals surface area contributed by atoms with Crippen molar-refractivity contribution in [3.05, 3.63) is 37.0 Å². The highest BCUT2D eigenvalue weighted by molar-refractivity contribution is 8.93. The Bertz CT molecular complexity index is 312. The van der Waals surface area contributed by atoms with Crippen LogP contribution in [0.15, 0.2) is 37.0 Å². The number of anilines is 2. The largest absolute Gasteiger partial charge is 0.355 e. The maximum atomic E-state index is 3.78. The van der Waals surface area contributed by atoms with Crippen molar-refractivity contribution in [1.29, 1.82) is 0 Å². The van der Waals surface area contributed by atoms with E-state index in [-0.39, 0.29) is 17.0 Å². The molecule has 0 aromatic heterocycles. The number of nitrogens with zero attached hydrogens (tertiary/aromatic N) is 2. The summed E-state index contributed by atoms with van der Waals surface area (Å²) in [6.45, 7) is 4.68. The third-order valence-corrected chi connectivity index (χ3v) is 2.19. The number of halogens is 1. The molecule has 0 spiro atoms. The molecule has 0 radical (unpaired) electrons. The Morgan fingerprint density at radius 1 is 1.31 bits per heavy atom. The second-order valence-corrected chi connectivity index (χ2v) is 2.98. The molecule has 0 fully saturated rings. The summed E-state index contributed by atoms with van der Waals surface area (Å²) in [6, 6.07) is 8.34. The quantitative estimate of drug-likeness (QED) is 0.745. The van der Waals surface area contributed by atoms with Gasteiger partial charge in [0.1, 0.15) is 0 Å². The van der Waals surface area contributed by atoms with E-state index in [4.69, 9.17) is 0 Å². The smallest absolute Gasteiger partial charge is 0.0944 e. The van der Waals surface area contributed by atoms with Crippen molar-refractivity contribution in [2.24, 2.45) is 0 Å². The van der Waals surface area contributed by atoms with Crippen molar-refractivity contribution in [1.82, 2.24) is 0 Å². The van der Waals surface area contributed by atoms with Crippen LogP contribution in [-0.2, 0) is 0 Å². The van der Waals surface area contributed by atoms with Gasteiger partial charge in [0.15, 0.2) is 0 Å². The Balaban J connectivity index is 0.000000845. The van der Waals surface area contributed by atoms with Crippen LogP contribution >= 0.6 is 17.0 Å². The molecule has 1 aliphatic rings. The number of fused-ring (bicyclic) bond motifs is 1. The van der Waals surface area contributed by atoms with Gasteiger partial charge in [-0.05, 0) is 18.3 Å². The minimum absolute atomic E-state index is 0. The lowest BCUT2D eigenvalue weighted by Crippen LogP contribution is -2.22. The molecule has 0 aliphatic carbocycles. The Morgan fingerprint density at radius 2 is 1.92 bits per heavy atom.